The molecule has 9 heteroatoms. The molecule has 0 fully saturated rings. The molecule has 0 aliphatic carbocycles. The maximum absolute atomic E-state index is 10.1. The molecule has 2 unspecified atom stereocenters. The maximum Gasteiger partial charge on any atom is 0.697 e. The first-order chi connectivity index (χ1) is 5.56. The number of nitrogens with one attached hydrogen (secondary N) is 1. The Hall–Kier alpha value is -0.0000000000000000763. The summed E-state index contributed by atoms with van der Waals surface area (Å²) in [4.78, 5) is 16.5. The molecule has 0 aromatic carbocycles. The third-order valence-corrected chi connectivity index (χ3v) is 1.62. The molecule has 0 amide bonds. The van der Waals surface area contributed by atoms with Crippen LogP contribution in [0.4, 0.5) is 0 Å². The van der Waals surface area contributed by atoms with Crippen LogP contribution in [0.3, 0.4) is 0 Å². The van der Waals surface area contributed by atoms with E-state index in [1.165, 1.54) is 7.05 Å². The fraction of sp³-hybridized carbons (Fsp3) is 1.00. The molecule has 7 nitrogen and oxygen atoms in total. The Balaban J connectivity index is 3.85. The second-order valence-electron chi connectivity index (χ2n) is 1.67. The lowest BCUT2D eigenvalue weighted by molar-refractivity contribution is 0.00520. The van der Waals surface area contributed by atoms with Crippen LogP contribution in [-0.4, -0.2) is 29.7 Å². The zero-order valence-corrected chi connectivity index (χ0v) is 8.00. The largest absolute Gasteiger partial charge is 0.697 e. The van der Waals surface area contributed by atoms with Crippen LogP contribution in [0.5, 0.6) is 0 Å². The molecule has 2 atom stereocenters. The average Bonchev–Trinajstić information content (AvgIpc) is 1.84. The number of likely N-dealkylation sites (N-methyl/N-ethyl adjacent to an activating group) is 1. The Morgan fingerprint density at radius 2 is 1.75 bits per heavy atom. The van der Waals surface area contributed by atoms with Gasteiger partial charge in [-0.05, 0) is 7.05 Å². The lowest BCUT2D eigenvalue weighted by Gasteiger charge is -1.99. The van der Waals surface area contributed by atoms with Gasteiger partial charge in [0, 0.05) is 9.13 Å². The first-order valence-electron chi connectivity index (χ1n) is 2.86. The second kappa shape index (κ2) is 6.51. The van der Waals surface area contributed by atoms with Crippen LogP contribution in [0.1, 0.15) is 0 Å². The Kier molecular flexibility index (Phi) is 6.51. The topological polar surface area (TPSA) is 105 Å². The summed E-state index contributed by atoms with van der Waals surface area (Å²) < 4.78 is 28.7. The Bertz CT molecular complexity index is 158. The van der Waals surface area contributed by atoms with Crippen molar-refractivity contribution in [2.75, 3.05) is 13.6 Å². The van der Waals surface area contributed by atoms with Crippen molar-refractivity contribution in [2.45, 2.75) is 6.29 Å². The van der Waals surface area contributed by atoms with Crippen LogP contribution in [0.25, 0.3) is 0 Å². The van der Waals surface area contributed by atoms with E-state index in [1.807, 2.05) is 0 Å². The van der Waals surface area contributed by atoms with Crippen molar-refractivity contribution in [3.05, 3.63) is 0 Å². The predicted molar refractivity (Wildman–Crippen MR) is 39.5 cm³/mol. The van der Waals surface area contributed by atoms with E-state index in [0.29, 0.717) is 0 Å². The lowest BCUT2D eigenvalue weighted by Crippen LogP contribution is -2.25. The van der Waals surface area contributed by atoms with E-state index in [1.54, 1.807) is 0 Å². The van der Waals surface area contributed by atoms with Gasteiger partial charge in [-0.1, -0.05) is 9.05 Å². The normalized spacial score (nSPS) is 15.6. The Morgan fingerprint density at radius 1 is 1.33 bits per heavy atom. The summed E-state index contributed by atoms with van der Waals surface area (Å²) in [5.41, 5.74) is 0. The van der Waals surface area contributed by atoms with Crippen LogP contribution >= 0.6 is 16.5 Å². The van der Waals surface area contributed by atoms with E-state index in [9.17, 15) is 9.13 Å². The monoisotopic (exact) mass is 217 g/mol. The van der Waals surface area contributed by atoms with E-state index < -0.39 is 22.8 Å². The van der Waals surface area contributed by atoms with Crippen molar-refractivity contribution in [3.63, 3.8) is 0 Å². The fourth-order valence-corrected chi connectivity index (χ4v) is 1.17. The van der Waals surface area contributed by atoms with Crippen molar-refractivity contribution in [3.8, 4) is 0 Å². The molecule has 0 heterocycles. The third-order valence-electron chi connectivity index (χ3n) is 0.786. The van der Waals surface area contributed by atoms with Crippen molar-refractivity contribution in [2.24, 2.45) is 0 Å². The molecule has 0 rings (SSSR count). The van der Waals surface area contributed by atoms with E-state index in [0.717, 1.165) is 0 Å². The minimum Gasteiger partial charge on any atom is -0.315 e. The lowest BCUT2D eigenvalue weighted by atomic mass is 10.6. The molecule has 0 aliphatic heterocycles. The molecule has 0 aromatic heterocycles. The van der Waals surface area contributed by atoms with Crippen molar-refractivity contribution < 1.29 is 28.0 Å². The van der Waals surface area contributed by atoms with Gasteiger partial charge in [0.05, 0.1) is 6.54 Å². The maximum atomic E-state index is 10.1. The molecule has 12 heavy (non-hydrogen) atoms. The van der Waals surface area contributed by atoms with E-state index >= 15 is 0 Å². The molecular formula is C3H9NO6P2+2. The highest BCUT2D eigenvalue weighted by Gasteiger charge is 2.31. The molecular weight excluding hydrogens is 208 g/mol. The summed E-state index contributed by atoms with van der Waals surface area (Å²) >= 11 is 0. The van der Waals surface area contributed by atoms with Crippen molar-refractivity contribution >= 4 is 16.5 Å². The first kappa shape index (κ1) is 12.0. The Morgan fingerprint density at radius 3 is 2.00 bits per heavy atom. The first-order valence-corrected chi connectivity index (χ1v) is 5.12. The van der Waals surface area contributed by atoms with Crippen LogP contribution in [0, 0.1) is 0 Å². The van der Waals surface area contributed by atoms with Crippen LogP contribution in [0.2, 0.25) is 0 Å². The summed E-state index contributed by atoms with van der Waals surface area (Å²) in [6, 6.07) is 0. The Labute approximate surface area is 70.6 Å². The fourth-order valence-electron chi connectivity index (χ4n) is 0.462. The quantitative estimate of drug-likeness (QED) is 0.420. The van der Waals surface area contributed by atoms with Gasteiger partial charge in [0.15, 0.2) is 0 Å². The molecule has 0 aliphatic rings. The van der Waals surface area contributed by atoms with E-state index in [2.05, 4.69) is 14.4 Å². The molecule has 3 N–H and O–H groups in total. The SMILES string of the molecule is CNCC(O[P+](=O)O)O[P+](=O)O. The van der Waals surface area contributed by atoms with Crippen LogP contribution < -0.4 is 5.32 Å². The molecule has 0 spiro atoms. The van der Waals surface area contributed by atoms with E-state index in [-0.39, 0.29) is 6.54 Å². The average molecular weight is 217 g/mol. The molecule has 0 saturated carbocycles. The molecule has 0 radical (unpaired) electrons. The summed E-state index contributed by atoms with van der Waals surface area (Å²) in [6.07, 6.45) is -1.20. The summed E-state index contributed by atoms with van der Waals surface area (Å²) in [5, 5.41) is 2.55. The minimum absolute atomic E-state index is 0.0449. The van der Waals surface area contributed by atoms with Crippen molar-refractivity contribution in [1.29, 1.82) is 0 Å². The molecule has 0 aromatic rings. The highest BCUT2D eigenvalue weighted by molar-refractivity contribution is 7.32. The highest BCUT2D eigenvalue weighted by atomic mass is 31.1. The van der Waals surface area contributed by atoms with Gasteiger partial charge in [-0.3, -0.25) is 0 Å². The highest BCUT2D eigenvalue weighted by Crippen LogP contribution is 2.25. The third kappa shape index (κ3) is 6.69. The molecule has 0 bridgehead atoms. The molecule has 70 valence electrons. The summed E-state index contributed by atoms with van der Waals surface area (Å²) in [7, 11) is -4.14. The summed E-state index contributed by atoms with van der Waals surface area (Å²) in [6.45, 7) is 0.0449. The zero-order valence-electron chi connectivity index (χ0n) is 6.21. The van der Waals surface area contributed by atoms with Gasteiger partial charge in [0.1, 0.15) is 0 Å². The zero-order chi connectivity index (χ0) is 9.56. The van der Waals surface area contributed by atoms with Gasteiger partial charge in [0.2, 0.25) is 0 Å². The van der Waals surface area contributed by atoms with Gasteiger partial charge >= 0.3 is 16.5 Å². The van der Waals surface area contributed by atoms with Crippen molar-refractivity contribution in [1.82, 2.24) is 5.32 Å². The van der Waals surface area contributed by atoms with Gasteiger partial charge in [-0.25, -0.2) is 0 Å². The second-order valence-corrected chi connectivity index (χ2v) is 3.05. The standard InChI is InChI=1S/C3H7NO6P2/c1-4-2-3(9-11(5)6)10-12(7)8/h3-4H,2H2,1H3/p+2. The number of hydrogen-bond acceptors (Lipinski definition) is 5. The van der Waals surface area contributed by atoms with Gasteiger partial charge in [-0.15, -0.1) is 9.79 Å². The van der Waals surface area contributed by atoms with Gasteiger partial charge in [0.25, 0.3) is 6.29 Å². The smallest absolute Gasteiger partial charge is 0.315 e. The van der Waals surface area contributed by atoms with Crippen LogP contribution in [0.15, 0.2) is 0 Å². The van der Waals surface area contributed by atoms with Crippen LogP contribution in [-0.2, 0) is 18.2 Å². The van der Waals surface area contributed by atoms with E-state index in [4.69, 9.17) is 9.79 Å². The number of hydrogen-bond donors (Lipinski definition) is 3. The number of rotatable bonds is 6. The summed E-state index contributed by atoms with van der Waals surface area (Å²) in [5.74, 6) is 0. The van der Waals surface area contributed by atoms with Gasteiger partial charge < -0.3 is 5.32 Å². The van der Waals surface area contributed by atoms with Gasteiger partial charge in [-0.2, -0.15) is 0 Å². The minimum atomic E-state index is -2.84. The predicted octanol–water partition coefficient (Wildman–Crippen LogP) is -0.136. The molecule has 0 saturated heterocycles.